The summed E-state index contributed by atoms with van der Waals surface area (Å²) in [6, 6.07) is 20.1. The second kappa shape index (κ2) is 12.0. The molecular formula is C28H33N5O3S. The molecule has 2 amide bonds. The second-order valence-corrected chi connectivity index (χ2v) is 10.0. The first-order chi connectivity index (χ1) is 17.8. The van der Waals surface area contributed by atoms with E-state index in [0.717, 1.165) is 48.1 Å². The van der Waals surface area contributed by atoms with Crippen molar-refractivity contribution in [1.29, 1.82) is 5.41 Å². The molecule has 0 heterocycles. The van der Waals surface area contributed by atoms with Gasteiger partial charge < -0.3 is 11.1 Å². The smallest absolute Gasteiger partial charge is 0.326 e. The number of nitrogens with two attached hydrogens (primary N) is 1. The summed E-state index contributed by atoms with van der Waals surface area (Å²) < 4.78 is 23.3. The fourth-order valence-electron chi connectivity index (χ4n) is 4.95. The van der Waals surface area contributed by atoms with Gasteiger partial charge in [-0.1, -0.05) is 62.1 Å². The minimum absolute atomic E-state index is 0.0528. The lowest BCUT2D eigenvalue weighted by atomic mass is 9.99. The number of nitrogens with zero attached hydrogens (tertiary/aromatic N) is 1. The van der Waals surface area contributed by atoms with Crippen LogP contribution < -0.4 is 20.7 Å². The molecule has 1 saturated carbocycles. The van der Waals surface area contributed by atoms with Crippen molar-refractivity contribution in [2.75, 3.05) is 14.9 Å². The van der Waals surface area contributed by atoms with Gasteiger partial charge in [0.2, 0.25) is 0 Å². The SMILES string of the molecule is Cc1cc(-c2ccccc2NS(=O)O)ccc1N(C(=O)Nc1cccc(C(=N)N)c1)C1CCCCCC1. The highest BCUT2D eigenvalue weighted by molar-refractivity contribution is 7.80. The fraction of sp³-hybridized carbons (Fsp3) is 0.286. The summed E-state index contributed by atoms with van der Waals surface area (Å²) in [6.07, 6.45) is 6.33. The van der Waals surface area contributed by atoms with Crippen molar-refractivity contribution in [3.63, 3.8) is 0 Å². The van der Waals surface area contributed by atoms with Crippen LogP contribution in [-0.2, 0) is 11.3 Å². The summed E-state index contributed by atoms with van der Waals surface area (Å²) in [7, 11) is 0. The van der Waals surface area contributed by atoms with E-state index in [2.05, 4.69) is 10.0 Å². The maximum absolute atomic E-state index is 13.7. The van der Waals surface area contributed by atoms with Crippen molar-refractivity contribution < 1.29 is 13.6 Å². The number of anilines is 3. The maximum atomic E-state index is 13.7. The third-order valence-electron chi connectivity index (χ3n) is 6.73. The van der Waals surface area contributed by atoms with Gasteiger partial charge in [0, 0.05) is 28.5 Å². The number of hydrogen-bond acceptors (Lipinski definition) is 3. The van der Waals surface area contributed by atoms with Crippen LogP contribution in [0.25, 0.3) is 11.1 Å². The summed E-state index contributed by atoms with van der Waals surface area (Å²) >= 11 is -2.19. The van der Waals surface area contributed by atoms with Crippen LogP contribution in [0.15, 0.2) is 66.7 Å². The maximum Gasteiger partial charge on any atom is 0.326 e. The molecule has 1 unspecified atom stereocenters. The first-order valence-electron chi connectivity index (χ1n) is 12.5. The van der Waals surface area contributed by atoms with Gasteiger partial charge in [0.05, 0.1) is 5.69 Å². The molecule has 0 spiro atoms. The van der Waals surface area contributed by atoms with Crippen molar-refractivity contribution in [2.24, 2.45) is 5.73 Å². The number of carbonyl (C=O) groups is 1. The summed E-state index contributed by atoms with van der Waals surface area (Å²) in [5.74, 6) is -0.0528. The van der Waals surface area contributed by atoms with Crippen LogP contribution >= 0.6 is 0 Å². The van der Waals surface area contributed by atoms with Crippen LogP contribution in [0.5, 0.6) is 0 Å². The fourth-order valence-corrected chi connectivity index (χ4v) is 5.31. The second-order valence-electron chi connectivity index (χ2n) is 9.34. The number of benzene rings is 3. The van der Waals surface area contributed by atoms with E-state index in [0.29, 0.717) is 16.9 Å². The molecule has 1 fully saturated rings. The van der Waals surface area contributed by atoms with E-state index >= 15 is 0 Å². The highest BCUT2D eigenvalue weighted by Gasteiger charge is 2.28. The summed E-state index contributed by atoms with van der Waals surface area (Å²) in [5.41, 5.74) is 10.8. The van der Waals surface area contributed by atoms with Crippen LogP contribution in [0, 0.1) is 12.3 Å². The normalized spacial score (nSPS) is 14.9. The number of carbonyl (C=O) groups excluding carboxylic acids is 1. The predicted octanol–water partition coefficient (Wildman–Crippen LogP) is 6.26. The highest BCUT2D eigenvalue weighted by Crippen LogP contribution is 2.35. The van der Waals surface area contributed by atoms with Crippen LogP contribution in [0.3, 0.4) is 0 Å². The largest absolute Gasteiger partial charge is 0.384 e. The molecule has 1 aliphatic rings. The van der Waals surface area contributed by atoms with E-state index in [9.17, 15) is 13.6 Å². The molecule has 6 N–H and O–H groups in total. The third kappa shape index (κ3) is 6.55. The minimum atomic E-state index is -2.19. The standard InChI is InChI=1S/C28H33N5O3S/c1-19-17-20(24-13-6-7-14-25(24)32-37(35)36)15-16-26(19)33(23-11-4-2-3-5-12-23)28(34)31-22-10-8-9-21(18-22)27(29)30/h6-10,13-18,23,32H,2-5,11-12H2,1H3,(H3,29,30)(H,31,34)(H,35,36). The van der Waals surface area contributed by atoms with Gasteiger partial charge in [0.15, 0.2) is 0 Å². The minimum Gasteiger partial charge on any atom is -0.384 e. The molecular weight excluding hydrogens is 486 g/mol. The molecule has 0 saturated heterocycles. The number of urea groups is 1. The topological polar surface area (TPSA) is 132 Å². The number of hydrogen-bond donors (Lipinski definition) is 5. The van der Waals surface area contributed by atoms with E-state index in [1.807, 2.05) is 42.2 Å². The molecule has 4 rings (SSSR count). The summed E-state index contributed by atoms with van der Waals surface area (Å²) in [5, 5.41) is 10.7. The van der Waals surface area contributed by atoms with Gasteiger partial charge in [-0.3, -0.25) is 19.6 Å². The molecule has 1 atom stereocenters. The number of para-hydroxylation sites is 1. The molecule has 37 heavy (non-hydrogen) atoms. The monoisotopic (exact) mass is 519 g/mol. The molecule has 0 bridgehead atoms. The number of rotatable bonds is 7. The van der Waals surface area contributed by atoms with Gasteiger partial charge in [-0.25, -0.2) is 9.00 Å². The summed E-state index contributed by atoms with van der Waals surface area (Å²) in [4.78, 5) is 15.6. The number of nitrogens with one attached hydrogen (secondary N) is 3. The van der Waals surface area contributed by atoms with E-state index < -0.39 is 11.3 Å². The zero-order valence-electron chi connectivity index (χ0n) is 20.9. The number of amides is 2. The van der Waals surface area contributed by atoms with Gasteiger partial charge in [-0.05, 0) is 61.2 Å². The van der Waals surface area contributed by atoms with Crippen molar-refractivity contribution in [1.82, 2.24) is 0 Å². The summed E-state index contributed by atoms with van der Waals surface area (Å²) in [6.45, 7) is 1.98. The van der Waals surface area contributed by atoms with Crippen molar-refractivity contribution in [3.8, 4) is 11.1 Å². The predicted molar refractivity (Wildman–Crippen MR) is 151 cm³/mol. The van der Waals surface area contributed by atoms with E-state index in [-0.39, 0.29) is 17.9 Å². The third-order valence-corrected chi connectivity index (χ3v) is 7.12. The Morgan fingerprint density at radius 3 is 2.43 bits per heavy atom. The molecule has 194 valence electrons. The number of aryl methyl sites for hydroxylation is 1. The van der Waals surface area contributed by atoms with Gasteiger partial charge in [-0.2, -0.15) is 0 Å². The first kappa shape index (κ1) is 26.4. The Bertz CT molecular complexity index is 1300. The Morgan fingerprint density at radius 1 is 1.03 bits per heavy atom. The highest BCUT2D eigenvalue weighted by atomic mass is 32.2. The average molecular weight is 520 g/mol. The Hall–Kier alpha value is -3.69. The van der Waals surface area contributed by atoms with Crippen LogP contribution in [0.4, 0.5) is 21.9 Å². The van der Waals surface area contributed by atoms with E-state index in [1.54, 1.807) is 36.4 Å². The van der Waals surface area contributed by atoms with Crippen LogP contribution in [0.1, 0.15) is 49.7 Å². The number of amidine groups is 1. The quantitative estimate of drug-likeness (QED) is 0.109. The lowest BCUT2D eigenvalue weighted by Gasteiger charge is -2.33. The zero-order chi connectivity index (χ0) is 26.4. The molecule has 9 heteroatoms. The molecule has 0 aliphatic heterocycles. The number of nitrogen functional groups attached to an aromatic ring is 1. The van der Waals surface area contributed by atoms with Crippen molar-refractivity contribution >= 4 is 40.2 Å². The van der Waals surface area contributed by atoms with Crippen LogP contribution in [-0.4, -0.2) is 26.7 Å². The zero-order valence-corrected chi connectivity index (χ0v) is 21.7. The molecule has 0 radical (unpaired) electrons. The average Bonchev–Trinajstić information content (AvgIpc) is 3.15. The van der Waals surface area contributed by atoms with Gasteiger partial charge in [0.1, 0.15) is 5.84 Å². The van der Waals surface area contributed by atoms with E-state index in [4.69, 9.17) is 11.1 Å². The molecule has 0 aromatic heterocycles. The van der Waals surface area contributed by atoms with Gasteiger partial charge in [0.25, 0.3) is 11.3 Å². The van der Waals surface area contributed by atoms with Gasteiger partial charge >= 0.3 is 6.03 Å². The molecule has 1 aliphatic carbocycles. The molecule has 3 aromatic rings. The van der Waals surface area contributed by atoms with Crippen molar-refractivity contribution in [3.05, 3.63) is 77.9 Å². The Kier molecular flexibility index (Phi) is 8.58. The lowest BCUT2D eigenvalue weighted by molar-refractivity contribution is 0.254. The first-order valence-corrected chi connectivity index (χ1v) is 13.6. The van der Waals surface area contributed by atoms with E-state index in [1.165, 1.54) is 12.8 Å². The molecule has 8 nitrogen and oxygen atoms in total. The van der Waals surface area contributed by atoms with Gasteiger partial charge in [-0.15, -0.1) is 0 Å². The Balaban J connectivity index is 1.69. The van der Waals surface area contributed by atoms with Crippen molar-refractivity contribution in [2.45, 2.75) is 51.5 Å². The Labute approximate surface area is 220 Å². The molecule has 3 aromatic carbocycles. The Morgan fingerprint density at radius 2 is 1.76 bits per heavy atom. The van der Waals surface area contributed by atoms with Crippen LogP contribution in [0.2, 0.25) is 0 Å². The lowest BCUT2D eigenvalue weighted by Crippen LogP contribution is -2.43.